The van der Waals surface area contributed by atoms with Crippen LogP contribution in [0.1, 0.15) is 245 Å². The van der Waals surface area contributed by atoms with E-state index in [2.05, 4.69) is 191 Å². The van der Waals surface area contributed by atoms with E-state index in [0.29, 0.717) is 19.3 Å². The van der Waals surface area contributed by atoms with E-state index in [1.165, 1.54) is 57.8 Å². The Balaban J connectivity index is 4.54. The molecule has 0 saturated carbocycles. The molecule has 0 amide bonds. The van der Waals surface area contributed by atoms with Crippen LogP contribution >= 0.6 is 0 Å². The Kier molecular flexibility index (Phi) is 60.0. The van der Waals surface area contributed by atoms with Gasteiger partial charge in [0.25, 0.3) is 0 Å². The van der Waals surface area contributed by atoms with Gasteiger partial charge in [-0.2, -0.15) is 0 Å². The molecule has 0 bridgehead atoms. The second-order valence-electron chi connectivity index (χ2n) is 19.9. The Morgan fingerprint density at radius 1 is 0.269 bits per heavy atom. The van der Waals surface area contributed by atoms with Crippen LogP contribution in [0.4, 0.5) is 0 Å². The lowest BCUT2D eigenvalue weighted by atomic mass is 10.0. The second kappa shape index (κ2) is 64.3. The van der Waals surface area contributed by atoms with Crippen molar-refractivity contribution in [3.05, 3.63) is 170 Å². The smallest absolute Gasteiger partial charge is 0.306 e. The first-order valence-corrected chi connectivity index (χ1v) is 31.1. The quantitative estimate of drug-likeness (QED) is 0.0261. The average Bonchev–Trinajstić information content (AvgIpc) is 3.44. The minimum atomic E-state index is -0.831. The highest BCUT2D eigenvalue weighted by atomic mass is 16.6. The molecule has 0 aliphatic carbocycles. The first kappa shape index (κ1) is 72.8. The van der Waals surface area contributed by atoms with Gasteiger partial charge in [-0.15, -0.1) is 0 Å². The molecule has 6 heteroatoms. The zero-order valence-corrected chi connectivity index (χ0v) is 49.9. The minimum absolute atomic E-state index is 0.118. The number of hydrogen-bond acceptors (Lipinski definition) is 6. The third kappa shape index (κ3) is 61.6. The van der Waals surface area contributed by atoms with Gasteiger partial charge in [0.15, 0.2) is 6.10 Å². The van der Waals surface area contributed by atoms with Crippen LogP contribution in [0.5, 0.6) is 0 Å². The normalized spacial score (nSPS) is 13.3. The number of esters is 3. The number of rotatable bonds is 54. The lowest BCUT2D eigenvalue weighted by Gasteiger charge is -2.18. The van der Waals surface area contributed by atoms with Crippen LogP contribution in [0.2, 0.25) is 0 Å². The molecule has 0 aliphatic heterocycles. The molecule has 1 atom stereocenters. The summed E-state index contributed by atoms with van der Waals surface area (Å²) < 4.78 is 16.8. The number of ether oxygens (including phenoxy) is 3. The van der Waals surface area contributed by atoms with Gasteiger partial charge in [-0.25, -0.2) is 0 Å². The summed E-state index contributed by atoms with van der Waals surface area (Å²) in [4.78, 5) is 38.2. The van der Waals surface area contributed by atoms with Crippen LogP contribution in [0.25, 0.3) is 0 Å². The monoisotopic (exact) mass is 1070 g/mol. The molecular formula is C72H112O6. The van der Waals surface area contributed by atoms with Crippen LogP contribution in [-0.2, 0) is 28.6 Å². The number of allylic oxidation sites excluding steroid dienone is 28. The maximum atomic E-state index is 12.9. The Morgan fingerprint density at radius 3 is 0.821 bits per heavy atom. The van der Waals surface area contributed by atoms with Gasteiger partial charge in [0.1, 0.15) is 13.2 Å². The predicted molar refractivity (Wildman–Crippen MR) is 338 cm³/mol. The van der Waals surface area contributed by atoms with Crippen molar-refractivity contribution in [2.75, 3.05) is 13.2 Å². The Hall–Kier alpha value is -5.23. The molecule has 0 aromatic heterocycles. The summed E-state index contributed by atoms with van der Waals surface area (Å²) >= 11 is 0. The third-order valence-electron chi connectivity index (χ3n) is 12.5. The highest BCUT2D eigenvalue weighted by Gasteiger charge is 2.19. The van der Waals surface area contributed by atoms with Gasteiger partial charge in [-0.1, -0.05) is 268 Å². The van der Waals surface area contributed by atoms with Crippen molar-refractivity contribution < 1.29 is 28.6 Å². The summed E-state index contributed by atoms with van der Waals surface area (Å²) in [6.07, 6.45) is 95.0. The number of carbonyl (C=O) groups excluding carboxylic acids is 3. The first-order chi connectivity index (χ1) is 38.5. The van der Waals surface area contributed by atoms with Crippen LogP contribution in [0.15, 0.2) is 170 Å². The van der Waals surface area contributed by atoms with E-state index in [4.69, 9.17) is 14.2 Å². The maximum Gasteiger partial charge on any atom is 0.306 e. The Bertz CT molecular complexity index is 1810. The molecule has 6 nitrogen and oxygen atoms in total. The zero-order valence-electron chi connectivity index (χ0n) is 49.9. The summed E-state index contributed by atoms with van der Waals surface area (Å²) in [5.74, 6) is -1.02. The van der Waals surface area contributed by atoms with Gasteiger partial charge in [0, 0.05) is 19.3 Å². The van der Waals surface area contributed by atoms with Gasteiger partial charge in [0.2, 0.25) is 0 Å². The largest absolute Gasteiger partial charge is 0.462 e. The molecule has 0 rings (SSSR count). The first-order valence-electron chi connectivity index (χ1n) is 31.1. The van der Waals surface area contributed by atoms with E-state index in [9.17, 15) is 14.4 Å². The van der Waals surface area contributed by atoms with Crippen LogP contribution < -0.4 is 0 Å². The fourth-order valence-electron chi connectivity index (χ4n) is 7.88. The van der Waals surface area contributed by atoms with E-state index < -0.39 is 6.10 Å². The van der Waals surface area contributed by atoms with E-state index >= 15 is 0 Å². The topological polar surface area (TPSA) is 78.9 Å². The SMILES string of the molecule is CC/C=C\C/C=C\C/C=C\C/C=C\C/C=C\C/C=C\C/C=C\CCCCCC(=O)OCC(COC(=O)CCCCCCCCCCCCCC)OC(=O)CCC/C=C\C/C=C\C/C=C\C/C=C\C/C=C\C/C=C\C/C=C\CC. The van der Waals surface area contributed by atoms with Gasteiger partial charge >= 0.3 is 17.9 Å². The molecule has 1 unspecified atom stereocenters. The second-order valence-corrected chi connectivity index (χ2v) is 19.9. The molecule has 436 valence electrons. The van der Waals surface area contributed by atoms with E-state index in [-0.39, 0.29) is 37.5 Å². The van der Waals surface area contributed by atoms with Crippen molar-refractivity contribution >= 4 is 17.9 Å². The van der Waals surface area contributed by atoms with Crippen LogP contribution in [0.3, 0.4) is 0 Å². The molecule has 0 saturated heterocycles. The molecular weight excluding hydrogens is 961 g/mol. The summed E-state index contributed by atoms with van der Waals surface area (Å²) in [6, 6.07) is 0. The summed E-state index contributed by atoms with van der Waals surface area (Å²) in [5, 5.41) is 0. The minimum Gasteiger partial charge on any atom is -0.462 e. The number of unbranched alkanes of at least 4 members (excludes halogenated alkanes) is 15. The van der Waals surface area contributed by atoms with Crippen molar-refractivity contribution in [1.82, 2.24) is 0 Å². The molecule has 0 aliphatic rings. The Labute approximate surface area is 479 Å². The molecule has 0 heterocycles. The molecule has 78 heavy (non-hydrogen) atoms. The molecule has 0 N–H and O–H groups in total. The van der Waals surface area contributed by atoms with Crippen molar-refractivity contribution in [2.24, 2.45) is 0 Å². The highest BCUT2D eigenvalue weighted by molar-refractivity contribution is 5.71. The fraction of sp³-hybridized carbons (Fsp3) is 0.569. The molecule has 0 radical (unpaired) electrons. The summed E-state index contributed by atoms with van der Waals surface area (Å²) in [7, 11) is 0. The Morgan fingerprint density at radius 2 is 0.513 bits per heavy atom. The van der Waals surface area contributed by atoms with Gasteiger partial charge in [-0.05, 0) is 128 Å². The highest BCUT2D eigenvalue weighted by Crippen LogP contribution is 2.14. The third-order valence-corrected chi connectivity index (χ3v) is 12.5. The van der Waals surface area contributed by atoms with Gasteiger partial charge in [-0.3, -0.25) is 14.4 Å². The fourth-order valence-corrected chi connectivity index (χ4v) is 7.88. The van der Waals surface area contributed by atoms with Crippen molar-refractivity contribution in [1.29, 1.82) is 0 Å². The van der Waals surface area contributed by atoms with E-state index in [0.717, 1.165) is 141 Å². The average molecular weight is 1070 g/mol. The predicted octanol–water partition coefficient (Wildman–Crippen LogP) is 21.5. The lowest BCUT2D eigenvalue weighted by Crippen LogP contribution is -2.30. The summed E-state index contributed by atoms with van der Waals surface area (Å²) in [6.45, 7) is 6.32. The van der Waals surface area contributed by atoms with Crippen LogP contribution in [-0.4, -0.2) is 37.2 Å². The van der Waals surface area contributed by atoms with E-state index in [1.807, 2.05) is 0 Å². The van der Waals surface area contributed by atoms with Gasteiger partial charge < -0.3 is 14.2 Å². The molecule has 0 aromatic rings. The van der Waals surface area contributed by atoms with Crippen LogP contribution in [0, 0.1) is 0 Å². The van der Waals surface area contributed by atoms with Crippen molar-refractivity contribution in [3.63, 3.8) is 0 Å². The zero-order chi connectivity index (χ0) is 56.4. The summed E-state index contributed by atoms with van der Waals surface area (Å²) in [5.41, 5.74) is 0. The van der Waals surface area contributed by atoms with Crippen molar-refractivity contribution in [3.8, 4) is 0 Å². The van der Waals surface area contributed by atoms with Gasteiger partial charge in [0.05, 0.1) is 0 Å². The van der Waals surface area contributed by atoms with Crippen molar-refractivity contribution in [2.45, 2.75) is 252 Å². The standard InChI is InChI=1S/C72H112O6/c1-4-7-10-13-16-19-22-25-27-29-31-33-35-36-38-39-41-43-45-47-50-53-56-59-62-65-71(74)77-68-69(67-76-70(73)64-61-58-55-52-49-24-21-18-15-12-9-6-3)78-72(75)66-63-60-57-54-51-48-46-44-42-40-37-34-32-30-28-26-23-20-17-14-11-8-5-2/h7-8,10-11,16-17,19-20,25-28,31-34,36,38,40-43,46-48,50,54,57,69H,4-6,9,12-15,18,21-24,29-30,35,37,39,44-45,49,51-53,55-56,58-68H2,1-3H3/b10-7-,11-8-,19-16-,20-17-,27-25-,28-26-,33-31-,34-32-,38-36-,42-40-,43-41-,48-46-,50-47-,57-54-. The number of carbonyl (C=O) groups is 3. The molecule has 0 fully saturated rings. The maximum absolute atomic E-state index is 12.9. The lowest BCUT2D eigenvalue weighted by molar-refractivity contribution is -0.167. The molecule has 0 spiro atoms. The number of hydrogen-bond donors (Lipinski definition) is 0. The molecule has 0 aromatic carbocycles. The van der Waals surface area contributed by atoms with E-state index in [1.54, 1.807) is 0 Å².